The van der Waals surface area contributed by atoms with Crippen molar-refractivity contribution in [3.8, 4) is 0 Å². The SMILES string of the molecule is CC(C)C(C)N1CC(Cc2ccccc2)NCC1C. The lowest BCUT2D eigenvalue weighted by Crippen LogP contribution is -2.59. The van der Waals surface area contributed by atoms with Gasteiger partial charge in [0, 0.05) is 31.2 Å². The number of rotatable bonds is 4. The van der Waals surface area contributed by atoms with Gasteiger partial charge in [-0.3, -0.25) is 4.90 Å². The first kappa shape index (κ1) is 14.5. The first-order valence-electron chi connectivity index (χ1n) is 7.61. The highest BCUT2D eigenvalue weighted by molar-refractivity contribution is 5.16. The lowest BCUT2D eigenvalue weighted by Gasteiger charge is -2.43. The van der Waals surface area contributed by atoms with Crippen LogP contribution in [0.4, 0.5) is 0 Å². The van der Waals surface area contributed by atoms with Crippen molar-refractivity contribution in [1.29, 1.82) is 0 Å². The van der Waals surface area contributed by atoms with Crippen molar-refractivity contribution >= 4 is 0 Å². The van der Waals surface area contributed by atoms with E-state index in [9.17, 15) is 0 Å². The second-order valence-electron chi connectivity index (χ2n) is 6.33. The lowest BCUT2D eigenvalue weighted by atomic mass is 9.97. The van der Waals surface area contributed by atoms with E-state index in [2.05, 4.69) is 68.2 Å². The van der Waals surface area contributed by atoms with Crippen LogP contribution in [-0.4, -0.2) is 36.1 Å². The summed E-state index contributed by atoms with van der Waals surface area (Å²) >= 11 is 0. The van der Waals surface area contributed by atoms with E-state index in [0.29, 0.717) is 18.1 Å². The van der Waals surface area contributed by atoms with E-state index in [0.717, 1.165) is 25.4 Å². The topological polar surface area (TPSA) is 15.3 Å². The molecule has 0 bridgehead atoms. The van der Waals surface area contributed by atoms with Gasteiger partial charge in [-0.1, -0.05) is 44.2 Å². The van der Waals surface area contributed by atoms with Crippen molar-refractivity contribution in [2.45, 2.75) is 52.2 Å². The minimum Gasteiger partial charge on any atom is -0.311 e. The molecule has 1 aliphatic rings. The Bertz CT molecular complexity index is 374. The Balaban J connectivity index is 1.97. The van der Waals surface area contributed by atoms with Crippen molar-refractivity contribution < 1.29 is 0 Å². The zero-order valence-electron chi connectivity index (χ0n) is 12.8. The van der Waals surface area contributed by atoms with Crippen molar-refractivity contribution in [2.24, 2.45) is 5.92 Å². The van der Waals surface area contributed by atoms with Crippen LogP contribution in [0.25, 0.3) is 0 Å². The molecule has 0 spiro atoms. The van der Waals surface area contributed by atoms with Crippen LogP contribution < -0.4 is 5.32 Å². The highest BCUT2D eigenvalue weighted by Crippen LogP contribution is 2.18. The molecule has 1 N–H and O–H groups in total. The zero-order valence-corrected chi connectivity index (χ0v) is 12.8. The second kappa shape index (κ2) is 6.53. The predicted molar refractivity (Wildman–Crippen MR) is 82.4 cm³/mol. The number of nitrogens with zero attached hydrogens (tertiary/aromatic N) is 1. The normalized spacial score (nSPS) is 26.6. The van der Waals surface area contributed by atoms with E-state index in [1.165, 1.54) is 5.56 Å². The summed E-state index contributed by atoms with van der Waals surface area (Å²) in [5.41, 5.74) is 1.44. The van der Waals surface area contributed by atoms with Crippen LogP contribution >= 0.6 is 0 Å². The maximum Gasteiger partial charge on any atom is 0.0236 e. The van der Waals surface area contributed by atoms with E-state index in [1.54, 1.807) is 0 Å². The summed E-state index contributed by atoms with van der Waals surface area (Å²) in [4.78, 5) is 2.68. The van der Waals surface area contributed by atoms with Crippen molar-refractivity contribution in [1.82, 2.24) is 10.2 Å². The highest BCUT2D eigenvalue weighted by Gasteiger charge is 2.29. The summed E-state index contributed by atoms with van der Waals surface area (Å²) < 4.78 is 0. The van der Waals surface area contributed by atoms with E-state index < -0.39 is 0 Å². The number of piperazine rings is 1. The number of benzene rings is 1. The molecule has 19 heavy (non-hydrogen) atoms. The third-order valence-corrected chi connectivity index (χ3v) is 4.51. The van der Waals surface area contributed by atoms with Crippen LogP contribution in [0.2, 0.25) is 0 Å². The molecule has 106 valence electrons. The summed E-state index contributed by atoms with van der Waals surface area (Å²) in [6.07, 6.45) is 1.13. The highest BCUT2D eigenvalue weighted by atomic mass is 15.2. The molecular weight excluding hydrogens is 232 g/mol. The fraction of sp³-hybridized carbons (Fsp3) is 0.647. The number of nitrogens with one attached hydrogen (secondary N) is 1. The minimum absolute atomic E-state index is 0.583. The molecule has 0 aromatic heterocycles. The molecule has 1 aliphatic heterocycles. The Hall–Kier alpha value is -0.860. The molecule has 1 aromatic carbocycles. The quantitative estimate of drug-likeness (QED) is 0.895. The Morgan fingerprint density at radius 2 is 1.89 bits per heavy atom. The minimum atomic E-state index is 0.583. The number of hydrogen-bond donors (Lipinski definition) is 1. The smallest absolute Gasteiger partial charge is 0.0236 e. The summed E-state index contributed by atoms with van der Waals surface area (Å²) in [6, 6.07) is 12.7. The first-order chi connectivity index (χ1) is 9.08. The summed E-state index contributed by atoms with van der Waals surface area (Å²) in [7, 11) is 0. The Kier molecular flexibility index (Phi) is 5.00. The van der Waals surface area contributed by atoms with Crippen LogP contribution in [0.3, 0.4) is 0 Å². The van der Waals surface area contributed by atoms with Gasteiger partial charge >= 0.3 is 0 Å². The van der Waals surface area contributed by atoms with Crippen molar-refractivity contribution in [3.63, 3.8) is 0 Å². The third kappa shape index (κ3) is 3.80. The van der Waals surface area contributed by atoms with Gasteiger partial charge in [0.25, 0.3) is 0 Å². The van der Waals surface area contributed by atoms with Crippen LogP contribution in [0, 0.1) is 5.92 Å². The summed E-state index contributed by atoms with van der Waals surface area (Å²) in [6.45, 7) is 11.6. The van der Waals surface area contributed by atoms with Gasteiger partial charge in [0.15, 0.2) is 0 Å². The molecule has 1 heterocycles. The van der Waals surface area contributed by atoms with Gasteiger partial charge in [0.1, 0.15) is 0 Å². The summed E-state index contributed by atoms with van der Waals surface area (Å²) in [5.74, 6) is 0.720. The molecular formula is C17H28N2. The molecule has 2 rings (SSSR count). The van der Waals surface area contributed by atoms with Gasteiger partial charge in [-0.2, -0.15) is 0 Å². The van der Waals surface area contributed by atoms with E-state index >= 15 is 0 Å². The zero-order chi connectivity index (χ0) is 13.8. The largest absolute Gasteiger partial charge is 0.311 e. The van der Waals surface area contributed by atoms with Gasteiger partial charge < -0.3 is 5.32 Å². The van der Waals surface area contributed by atoms with E-state index in [4.69, 9.17) is 0 Å². The molecule has 0 amide bonds. The summed E-state index contributed by atoms with van der Waals surface area (Å²) in [5, 5.41) is 3.70. The maximum absolute atomic E-state index is 3.70. The molecule has 0 saturated carbocycles. The monoisotopic (exact) mass is 260 g/mol. The van der Waals surface area contributed by atoms with Gasteiger partial charge in [0.05, 0.1) is 0 Å². The van der Waals surface area contributed by atoms with Crippen LogP contribution in [-0.2, 0) is 6.42 Å². The second-order valence-corrected chi connectivity index (χ2v) is 6.33. The first-order valence-corrected chi connectivity index (χ1v) is 7.61. The van der Waals surface area contributed by atoms with Gasteiger partial charge in [-0.15, -0.1) is 0 Å². The third-order valence-electron chi connectivity index (χ3n) is 4.51. The molecule has 3 unspecified atom stereocenters. The molecule has 1 aromatic rings. The van der Waals surface area contributed by atoms with Gasteiger partial charge in [-0.05, 0) is 31.7 Å². The average Bonchev–Trinajstić information content (AvgIpc) is 2.41. The van der Waals surface area contributed by atoms with Gasteiger partial charge in [-0.25, -0.2) is 0 Å². The average molecular weight is 260 g/mol. The Morgan fingerprint density at radius 1 is 1.21 bits per heavy atom. The molecule has 1 saturated heterocycles. The Morgan fingerprint density at radius 3 is 2.53 bits per heavy atom. The lowest BCUT2D eigenvalue weighted by molar-refractivity contribution is 0.0761. The fourth-order valence-electron chi connectivity index (χ4n) is 2.94. The van der Waals surface area contributed by atoms with E-state index in [-0.39, 0.29) is 0 Å². The van der Waals surface area contributed by atoms with E-state index in [1.807, 2.05) is 0 Å². The van der Waals surface area contributed by atoms with Gasteiger partial charge in [0.2, 0.25) is 0 Å². The van der Waals surface area contributed by atoms with Crippen LogP contribution in [0.1, 0.15) is 33.3 Å². The van der Waals surface area contributed by atoms with Crippen molar-refractivity contribution in [3.05, 3.63) is 35.9 Å². The standard InChI is InChI=1S/C17H28N2/c1-13(2)15(4)19-12-17(18-11-14(19)3)10-16-8-6-5-7-9-16/h5-9,13-15,17-18H,10-12H2,1-4H3. The van der Waals surface area contributed by atoms with Crippen molar-refractivity contribution in [2.75, 3.05) is 13.1 Å². The molecule has 3 atom stereocenters. The number of hydrogen-bond acceptors (Lipinski definition) is 2. The Labute approximate surface area is 118 Å². The fourth-order valence-corrected chi connectivity index (χ4v) is 2.94. The van der Waals surface area contributed by atoms with Crippen LogP contribution in [0.5, 0.6) is 0 Å². The maximum atomic E-state index is 3.70. The molecule has 2 heteroatoms. The predicted octanol–water partition coefficient (Wildman–Crippen LogP) is 2.94. The molecule has 1 fully saturated rings. The van der Waals surface area contributed by atoms with Crippen LogP contribution in [0.15, 0.2) is 30.3 Å². The molecule has 0 aliphatic carbocycles. The molecule has 2 nitrogen and oxygen atoms in total. The molecule has 0 radical (unpaired) electrons.